The van der Waals surface area contributed by atoms with E-state index in [1.807, 2.05) is 0 Å². The number of nitrogens with one attached hydrogen (secondary N) is 1. The number of hydrogen-bond acceptors (Lipinski definition) is 3. The molecular formula is C35H53N3. The Bertz CT molecular complexity index is 1020. The van der Waals surface area contributed by atoms with Crippen molar-refractivity contribution in [3.8, 4) is 0 Å². The molecule has 38 heavy (non-hydrogen) atoms. The van der Waals surface area contributed by atoms with Crippen molar-refractivity contribution < 1.29 is 0 Å². The highest BCUT2D eigenvalue weighted by atomic mass is 15.0. The van der Waals surface area contributed by atoms with Gasteiger partial charge in [0.1, 0.15) is 0 Å². The topological polar surface area (TPSA) is 37.3 Å². The molecule has 208 valence electrons. The van der Waals surface area contributed by atoms with Gasteiger partial charge in [0.15, 0.2) is 0 Å². The van der Waals surface area contributed by atoms with Crippen LogP contribution >= 0.6 is 0 Å². The molecule has 2 aromatic rings. The summed E-state index contributed by atoms with van der Waals surface area (Å²) in [5.74, 6) is 4.87. The van der Waals surface area contributed by atoms with Crippen LogP contribution < -0.4 is 5.32 Å². The third-order valence-electron chi connectivity index (χ3n) is 9.62. The number of aliphatic imine (C=N–C) groups is 1. The summed E-state index contributed by atoms with van der Waals surface area (Å²) in [7, 11) is 0. The van der Waals surface area contributed by atoms with Crippen LogP contribution in [0, 0.1) is 41.4 Å². The van der Waals surface area contributed by atoms with Crippen molar-refractivity contribution >= 4 is 5.71 Å². The van der Waals surface area contributed by atoms with Crippen LogP contribution in [0.1, 0.15) is 110 Å². The number of rotatable bonds is 8. The summed E-state index contributed by atoms with van der Waals surface area (Å²) in [5, 5.41) is 4.10. The van der Waals surface area contributed by atoms with E-state index in [2.05, 4.69) is 109 Å². The maximum absolute atomic E-state index is 5.25. The first-order valence-corrected chi connectivity index (χ1v) is 15.5. The van der Waals surface area contributed by atoms with Crippen LogP contribution in [0.25, 0.3) is 0 Å². The number of hydrogen-bond donors (Lipinski definition) is 1. The van der Waals surface area contributed by atoms with Gasteiger partial charge in [-0.1, -0.05) is 77.9 Å². The van der Waals surface area contributed by atoms with Crippen LogP contribution in [0.2, 0.25) is 0 Å². The van der Waals surface area contributed by atoms with E-state index in [0.29, 0.717) is 23.8 Å². The third-order valence-corrected chi connectivity index (χ3v) is 9.62. The van der Waals surface area contributed by atoms with E-state index in [1.54, 1.807) is 0 Å². The van der Waals surface area contributed by atoms with Crippen molar-refractivity contribution in [3.63, 3.8) is 0 Å². The smallest absolute Gasteiger partial charge is 0.0891 e. The Morgan fingerprint density at radius 2 is 1.34 bits per heavy atom. The van der Waals surface area contributed by atoms with Gasteiger partial charge in [-0.2, -0.15) is 0 Å². The van der Waals surface area contributed by atoms with Gasteiger partial charge in [0.25, 0.3) is 0 Å². The van der Waals surface area contributed by atoms with Gasteiger partial charge in [-0.05, 0) is 105 Å². The van der Waals surface area contributed by atoms with Gasteiger partial charge in [0.2, 0.25) is 0 Å². The molecule has 1 aromatic carbocycles. The second-order valence-electron chi connectivity index (χ2n) is 13.4. The molecule has 0 bridgehead atoms. The normalized spacial score (nSPS) is 32.4. The monoisotopic (exact) mass is 515 g/mol. The lowest BCUT2D eigenvalue weighted by molar-refractivity contribution is 0.0932. The van der Waals surface area contributed by atoms with E-state index in [-0.39, 0.29) is 12.1 Å². The van der Waals surface area contributed by atoms with Crippen molar-refractivity contribution in [2.75, 3.05) is 0 Å². The van der Waals surface area contributed by atoms with Gasteiger partial charge >= 0.3 is 0 Å². The first kappa shape index (κ1) is 29.0. The fourth-order valence-electron chi connectivity index (χ4n) is 8.13. The molecule has 7 unspecified atom stereocenters. The Morgan fingerprint density at radius 1 is 0.763 bits per heavy atom. The Hall–Kier alpha value is -2.00. The molecule has 3 heteroatoms. The van der Waals surface area contributed by atoms with E-state index < -0.39 is 0 Å². The summed E-state index contributed by atoms with van der Waals surface area (Å²) in [6.45, 7) is 19.0. The van der Waals surface area contributed by atoms with Crippen LogP contribution in [-0.2, 0) is 6.42 Å². The minimum absolute atomic E-state index is 0.0930. The summed E-state index contributed by atoms with van der Waals surface area (Å²) < 4.78 is 0. The molecular weight excluding hydrogens is 462 g/mol. The maximum atomic E-state index is 5.25. The highest BCUT2D eigenvalue weighted by Gasteiger charge is 2.37. The van der Waals surface area contributed by atoms with Crippen molar-refractivity contribution in [2.45, 2.75) is 106 Å². The Morgan fingerprint density at radius 3 is 1.97 bits per heavy atom. The summed E-state index contributed by atoms with van der Waals surface area (Å²) in [5.41, 5.74) is 5.04. The Kier molecular flexibility index (Phi) is 9.84. The largest absolute Gasteiger partial charge is 0.305 e. The maximum Gasteiger partial charge on any atom is 0.0891 e. The lowest BCUT2D eigenvalue weighted by Crippen LogP contribution is -2.47. The first-order chi connectivity index (χ1) is 18.1. The van der Waals surface area contributed by atoms with Crippen LogP contribution in [0.4, 0.5) is 0 Å². The van der Waals surface area contributed by atoms with E-state index in [9.17, 15) is 0 Å². The predicted octanol–water partition coefficient (Wildman–Crippen LogP) is 8.87. The minimum atomic E-state index is 0.0930. The molecule has 4 rings (SSSR count). The number of aromatic nitrogens is 1. The molecule has 2 fully saturated rings. The van der Waals surface area contributed by atoms with Crippen molar-refractivity contribution in [2.24, 2.45) is 46.4 Å². The van der Waals surface area contributed by atoms with Crippen LogP contribution in [0.15, 0.2) is 53.5 Å². The molecule has 7 atom stereocenters. The molecule has 0 aliphatic heterocycles. The van der Waals surface area contributed by atoms with E-state index in [1.165, 1.54) is 37.0 Å². The van der Waals surface area contributed by atoms with Crippen molar-refractivity contribution in [1.82, 2.24) is 10.3 Å². The van der Waals surface area contributed by atoms with Crippen molar-refractivity contribution in [1.29, 1.82) is 0 Å². The molecule has 0 amide bonds. The molecule has 1 heterocycles. The Balaban J connectivity index is 1.53. The standard InChI is InChI=1S/C35H53N3/c1-22-17-24(3)34(25(4)18-22)33(21-30-13-10-9-11-14-30)36-28(7)31-15-12-16-32(38-31)29(8)37-35-26(5)19-23(2)20-27(35)6/h9-16,22-29,33-34,36H,17-21H2,1-8H3. The molecule has 0 saturated heterocycles. The summed E-state index contributed by atoms with van der Waals surface area (Å²) in [4.78, 5) is 10.4. The molecule has 2 aliphatic rings. The molecule has 1 aromatic heterocycles. The van der Waals surface area contributed by atoms with Crippen LogP contribution in [0.3, 0.4) is 0 Å². The lowest BCUT2D eigenvalue weighted by Gasteiger charge is -2.44. The van der Waals surface area contributed by atoms with Crippen LogP contribution in [-0.4, -0.2) is 16.7 Å². The van der Waals surface area contributed by atoms with Gasteiger partial charge in [-0.3, -0.25) is 9.98 Å². The second-order valence-corrected chi connectivity index (χ2v) is 13.4. The predicted molar refractivity (Wildman–Crippen MR) is 163 cm³/mol. The van der Waals surface area contributed by atoms with Crippen LogP contribution in [0.5, 0.6) is 0 Å². The fraction of sp³-hybridized carbons (Fsp3) is 0.657. The van der Waals surface area contributed by atoms with E-state index in [4.69, 9.17) is 9.98 Å². The average molecular weight is 516 g/mol. The highest BCUT2D eigenvalue weighted by molar-refractivity contribution is 5.89. The summed E-state index contributed by atoms with van der Waals surface area (Å²) in [6.07, 6.45) is 6.24. The Labute approximate surface area is 233 Å². The minimum Gasteiger partial charge on any atom is -0.305 e. The third kappa shape index (κ3) is 7.14. The molecule has 2 saturated carbocycles. The van der Waals surface area contributed by atoms with Gasteiger partial charge in [-0.15, -0.1) is 0 Å². The summed E-state index contributed by atoms with van der Waals surface area (Å²) >= 11 is 0. The average Bonchev–Trinajstić information content (AvgIpc) is 2.86. The quantitative estimate of drug-likeness (QED) is 0.381. The SMILES string of the molecule is CC1CC(C)C(=NC(C)c2cccc(C(C)NC(Cc3ccccc3)C3C(C)CC(C)CC3C)n2)C(C)C1. The number of pyridine rings is 1. The molecule has 0 radical (unpaired) electrons. The zero-order valence-corrected chi connectivity index (χ0v) is 25.3. The van der Waals surface area contributed by atoms with E-state index in [0.717, 1.165) is 41.5 Å². The zero-order chi connectivity index (χ0) is 27.4. The fourth-order valence-corrected chi connectivity index (χ4v) is 8.13. The van der Waals surface area contributed by atoms with Gasteiger partial charge in [0, 0.05) is 17.8 Å². The van der Waals surface area contributed by atoms with Gasteiger partial charge in [-0.25, -0.2) is 0 Å². The molecule has 3 nitrogen and oxygen atoms in total. The molecule has 2 aliphatic carbocycles. The number of nitrogens with zero attached hydrogens (tertiary/aromatic N) is 2. The van der Waals surface area contributed by atoms with Gasteiger partial charge < -0.3 is 5.32 Å². The van der Waals surface area contributed by atoms with E-state index >= 15 is 0 Å². The second kappa shape index (κ2) is 12.9. The molecule has 1 N–H and O–H groups in total. The molecule has 0 spiro atoms. The number of benzene rings is 1. The lowest BCUT2D eigenvalue weighted by atomic mass is 9.65. The highest BCUT2D eigenvalue weighted by Crippen LogP contribution is 2.41. The zero-order valence-electron chi connectivity index (χ0n) is 25.3. The van der Waals surface area contributed by atoms with Crippen molar-refractivity contribution in [3.05, 3.63) is 65.5 Å². The summed E-state index contributed by atoms with van der Waals surface area (Å²) in [6, 6.07) is 18.3. The van der Waals surface area contributed by atoms with Gasteiger partial charge in [0.05, 0.1) is 17.4 Å². The first-order valence-electron chi connectivity index (χ1n) is 15.5.